The second-order valence-electron chi connectivity index (χ2n) is 9.05. The first kappa shape index (κ1) is 20.5. The third-order valence-electron chi connectivity index (χ3n) is 6.99. The number of nitrogens with one attached hydrogen (secondary N) is 2. The zero-order chi connectivity index (χ0) is 22.3. The van der Waals surface area contributed by atoms with Gasteiger partial charge in [-0.3, -0.25) is 4.79 Å². The van der Waals surface area contributed by atoms with Gasteiger partial charge >= 0.3 is 12.1 Å². The van der Waals surface area contributed by atoms with Crippen molar-refractivity contribution in [2.24, 2.45) is 5.92 Å². The Bertz CT molecular complexity index is 1030. The first-order valence-corrected chi connectivity index (χ1v) is 11.1. The molecule has 7 nitrogen and oxygen atoms in total. The molecule has 2 unspecified atom stereocenters. The van der Waals surface area contributed by atoms with Crippen molar-refractivity contribution < 1.29 is 24.2 Å². The van der Waals surface area contributed by atoms with Crippen molar-refractivity contribution in [3.8, 4) is 11.1 Å². The Morgan fingerprint density at radius 1 is 0.969 bits per heavy atom. The van der Waals surface area contributed by atoms with Gasteiger partial charge in [0.05, 0.1) is 0 Å². The van der Waals surface area contributed by atoms with Crippen molar-refractivity contribution in [3.05, 3.63) is 59.7 Å². The van der Waals surface area contributed by atoms with Crippen LogP contribution in [-0.4, -0.2) is 41.3 Å². The van der Waals surface area contributed by atoms with Gasteiger partial charge in [0.25, 0.3) is 0 Å². The largest absolute Gasteiger partial charge is 0.480 e. The van der Waals surface area contributed by atoms with Gasteiger partial charge in [0.1, 0.15) is 12.1 Å². The summed E-state index contributed by atoms with van der Waals surface area (Å²) in [6.07, 6.45) is 2.25. The predicted octanol–water partition coefficient (Wildman–Crippen LogP) is 3.43. The van der Waals surface area contributed by atoms with E-state index in [9.17, 15) is 19.5 Å². The number of fused-ring (bicyclic) bond motifs is 3. The normalized spacial score (nSPS) is 22.5. The highest BCUT2D eigenvalue weighted by atomic mass is 16.5. The topological polar surface area (TPSA) is 105 Å². The Kier molecular flexibility index (Phi) is 5.12. The fraction of sp³-hybridized carbons (Fsp3) is 0.400. The molecule has 3 aliphatic carbocycles. The molecule has 0 aliphatic heterocycles. The molecule has 3 aliphatic rings. The zero-order valence-electron chi connectivity index (χ0n) is 17.7. The molecule has 3 N–H and O–H groups in total. The van der Waals surface area contributed by atoms with Crippen LogP contribution in [0.25, 0.3) is 11.1 Å². The second kappa shape index (κ2) is 7.97. The molecule has 7 heteroatoms. The van der Waals surface area contributed by atoms with Crippen LogP contribution < -0.4 is 10.6 Å². The van der Waals surface area contributed by atoms with E-state index in [1.807, 2.05) is 24.3 Å². The summed E-state index contributed by atoms with van der Waals surface area (Å²) in [5.41, 5.74) is 3.60. The van der Waals surface area contributed by atoms with Gasteiger partial charge in [-0.25, -0.2) is 9.59 Å². The minimum absolute atomic E-state index is 0.000930. The molecule has 2 aromatic rings. The molecule has 2 fully saturated rings. The smallest absolute Gasteiger partial charge is 0.407 e. The van der Waals surface area contributed by atoms with Crippen LogP contribution in [0.1, 0.15) is 49.1 Å². The van der Waals surface area contributed by atoms with Gasteiger partial charge in [0.15, 0.2) is 0 Å². The van der Waals surface area contributed by atoms with E-state index in [1.54, 1.807) is 0 Å². The maximum Gasteiger partial charge on any atom is 0.407 e. The summed E-state index contributed by atoms with van der Waals surface area (Å²) in [5, 5.41) is 14.8. The summed E-state index contributed by atoms with van der Waals surface area (Å²) in [6.45, 7) is 0.248. The summed E-state index contributed by atoms with van der Waals surface area (Å²) in [5.74, 6) is -1.49. The Balaban J connectivity index is 1.15. The second-order valence-corrected chi connectivity index (χ2v) is 9.05. The maximum atomic E-state index is 12.5. The van der Waals surface area contributed by atoms with Crippen LogP contribution in [-0.2, 0) is 14.3 Å². The molecule has 0 aromatic heterocycles. The molecular formula is C25H26N2O5. The Labute approximate surface area is 186 Å². The standard InChI is InChI=1S/C25H26N2O5/c28-22(27-25(11-12-25)23(29)30)15-9-10-16(13-15)26-24(31)32-14-21-19-7-3-1-5-17(19)18-6-2-4-8-20(18)21/h1-8,15-16,21H,9-14H2,(H,26,31)(H,27,28)(H,29,30). The number of ether oxygens (including phenoxy) is 1. The number of carboxylic acids is 1. The number of aliphatic carboxylic acids is 1. The summed E-state index contributed by atoms with van der Waals surface area (Å²) in [4.78, 5) is 36.2. The van der Waals surface area contributed by atoms with Gasteiger partial charge < -0.3 is 20.5 Å². The number of carbonyl (C=O) groups excluding carboxylic acids is 2. The monoisotopic (exact) mass is 434 g/mol. The van der Waals surface area contributed by atoms with Gasteiger partial charge in [0.2, 0.25) is 5.91 Å². The summed E-state index contributed by atoms with van der Waals surface area (Å²) >= 11 is 0. The van der Waals surface area contributed by atoms with Crippen molar-refractivity contribution in [2.75, 3.05) is 6.61 Å². The Morgan fingerprint density at radius 2 is 1.59 bits per heavy atom. The van der Waals surface area contributed by atoms with Crippen LogP contribution in [0.15, 0.2) is 48.5 Å². The number of rotatable bonds is 6. The Morgan fingerprint density at radius 3 is 2.19 bits per heavy atom. The molecule has 2 atom stereocenters. The number of amides is 2. The highest BCUT2D eigenvalue weighted by molar-refractivity contribution is 5.90. The van der Waals surface area contributed by atoms with Crippen LogP contribution in [0.2, 0.25) is 0 Å². The number of carbonyl (C=O) groups is 3. The van der Waals surface area contributed by atoms with Crippen LogP contribution in [0.5, 0.6) is 0 Å². The predicted molar refractivity (Wildman–Crippen MR) is 117 cm³/mol. The molecule has 0 spiro atoms. The van der Waals surface area contributed by atoms with Crippen molar-refractivity contribution in [1.29, 1.82) is 0 Å². The van der Waals surface area contributed by atoms with E-state index in [0.29, 0.717) is 32.1 Å². The number of alkyl carbamates (subject to hydrolysis) is 1. The number of benzene rings is 2. The molecule has 5 rings (SSSR count). The van der Waals surface area contributed by atoms with E-state index in [-0.39, 0.29) is 30.4 Å². The zero-order valence-corrected chi connectivity index (χ0v) is 17.7. The van der Waals surface area contributed by atoms with Crippen LogP contribution in [0.4, 0.5) is 4.79 Å². The maximum absolute atomic E-state index is 12.5. The lowest BCUT2D eigenvalue weighted by atomic mass is 9.98. The molecule has 166 valence electrons. The van der Waals surface area contributed by atoms with Gasteiger partial charge in [-0.2, -0.15) is 0 Å². The third kappa shape index (κ3) is 3.72. The van der Waals surface area contributed by atoms with Crippen molar-refractivity contribution >= 4 is 18.0 Å². The molecule has 0 saturated heterocycles. The minimum Gasteiger partial charge on any atom is -0.480 e. The van der Waals surface area contributed by atoms with Gasteiger partial charge in [0, 0.05) is 17.9 Å². The number of carboxylic acid groups (broad SMARTS) is 1. The first-order chi connectivity index (χ1) is 15.5. The molecule has 2 aromatic carbocycles. The molecule has 0 bridgehead atoms. The van der Waals surface area contributed by atoms with Crippen LogP contribution in [0, 0.1) is 5.92 Å². The fourth-order valence-corrected chi connectivity index (χ4v) is 5.01. The van der Waals surface area contributed by atoms with E-state index < -0.39 is 17.6 Å². The first-order valence-electron chi connectivity index (χ1n) is 11.1. The fourth-order valence-electron chi connectivity index (χ4n) is 5.01. The van der Waals surface area contributed by atoms with Gasteiger partial charge in [-0.05, 0) is 54.4 Å². The highest BCUT2D eigenvalue weighted by Gasteiger charge is 2.52. The van der Waals surface area contributed by atoms with E-state index in [1.165, 1.54) is 11.1 Å². The van der Waals surface area contributed by atoms with Crippen LogP contribution >= 0.6 is 0 Å². The lowest BCUT2D eigenvalue weighted by Crippen LogP contribution is -2.45. The minimum atomic E-state index is -1.07. The summed E-state index contributed by atoms with van der Waals surface area (Å²) < 4.78 is 5.59. The molecule has 0 radical (unpaired) electrons. The van der Waals surface area contributed by atoms with Crippen molar-refractivity contribution in [2.45, 2.75) is 49.6 Å². The molecule has 2 saturated carbocycles. The Hall–Kier alpha value is -3.35. The average Bonchev–Trinajstić information content (AvgIpc) is 3.31. The van der Waals surface area contributed by atoms with E-state index in [2.05, 4.69) is 34.9 Å². The van der Waals surface area contributed by atoms with Gasteiger partial charge in [-0.15, -0.1) is 0 Å². The van der Waals surface area contributed by atoms with E-state index in [4.69, 9.17) is 4.74 Å². The lowest BCUT2D eigenvalue weighted by molar-refractivity contribution is -0.143. The highest BCUT2D eigenvalue weighted by Crippen LogP contribution is 2.44. The van der Waals surface area contributed by atoms with Crippen LogP contribution in [0.3, 0.4) is 0 Å². The van der Waals surface area contributed by atoms with E-state index >= 15 is 0 Å². The van der Waals surface area contributed by atoms with E-state index in [0.717, 1.165) is 11.1 Å². The number of hydrogen-bond acceptors (Lipinski definition) is 4. The SMILES string of the molecule is O=C(NC1CCC(C(=O)NC2(C(=O)O)CC2)C1)OCC1c2ccccc2-c2ccccc21. The average molecular weight is 434 g/mol. The summed E-state index contributed by atoms with van der Waals surface area (Å²) in [6, 6.07) is 16.2. The quantitative estimate of drug-likeness (QED) is 0.646. The summed E-state index contributed by atoms with van der Waals surface area (Å²) in [7, 11) is 0. The molecule has 32 heavy (non-hydrogen) atoms. The molecule has 2 amide bonds. The third-order valence-corrected chi connectivity index (χ3v) is 6.99. The molecule has 0 heterocycles. The van der Waals surface area contributed by atoms with Crippen molar-refractivity contribution in [1.82, 2.24) is 10.6 Å². The van der Waals surface area contributed by atoms with Gasteiger partial charge in [-0.1, -0.05) is 48.5 Å². The van der Waals surface area contributed by atoms with Crippen molar-refractivity contribution in [3.63, 3.8) is 0 Å². The number of hydrogen-bond donors (Lipinski definition) is 3. The molecular weight excluding hydrogens is 408 g/mol. The lowest BCUT2D eigenvalue weighted by Gasteiger charge is -2.18.